The number of halogens is 2. The van der Waals surface area contributed by atoms with E-state index in [1.165, 1.54) is 6.07 Å². The minimum absolute atomic E-state index is 0.211. The maximum Gasteiger partial charge on any atom is 0.167 e. The maximum atomic E-state index is 14.7. The highest BCUT2D eigenvalue weighted by atomic mass is 79.9. The summed E-state index contributed by atoms with van der Waals surface area (Å²) in [6, 6.07) is 16.8. The van der Waals surface area contributed by atoms with Gasteiger partial charge in [0.15, 0.2) is 5.58 Å². The van der Waals surface area contributed by atoms with Crippen molar-refractivity contribution in [1.29, 1.82) is 0 Å². The van der Waals surface area contributed by atoms with E-state index in [1.807, 2.05) is 63.2 Å². The van der Waals surface area contributed by atoms with Gasteiger partial charge in [0, 0.05) is 10.9 Å². The molecule has 2 aromatic heterocycles. The van der Waals surface area contributed by atoms with Gasteiger partial charge < -0.3 is 4.52 Å². The Morgan fingerprint density at radius 3 is 2.70 bits per heavy atom. The first-order valence-electron chi connectivity index (χ1n) is 10.6. The van der Waals surface area contributed by atoms with E-state index in [2.05, 4.69) is 26.1 Å². The lowest BCUT2D eigenvalue weighted by atomic mass is 9.83. The molecule has 2 aromatic carbocycles. The first kappa shape index (κ1) is 23.7. The second kappa shape index (κ2) is 9.44. The molecule has 0 fully saturated rings. The van der Waals surface area contributed by atoms with Crippen molar-refractivity contribution in [1.82, 2.24) is 10.1 Å². The smallest absolute Gasteiger partial charge is 0.167 e. The molecule has 2 N–H and O–H groups in total. The number of hydrogen-bond acceptors (Lipinski definition) is 4. The first-order valence-corrected chi connectivity index (χ1v) is 12.6. The Balaban J connectivity index is 1.85. The lowest BCUT2D eigenvalue weighted by Crippen LogP contribution is -2.34. The van der Waals surface area contributed by atoms with E-state index in [9.17, 15) is 8.60 Å². The Kier molecular flexibility index (Phi) is 6.79. The normalized spacial score (nSPS) is 13.9. The predicted octanol–water partition coefficient (Wildman–Crippen LogP) is 6.22. The average Bonchev–Trinajstić information content (AvgIpc) is 3.18. The second-order valence-electron chi connectivity index (χ2n) is 8.84. The molecule has 0 aliphatic heterocycles. The molecule has 172 valence electrons. The van der Waals surface area contributed by atoms with Gasteiger partial charge in [-0.2, -0.15) is 0 Å². The lowest BCUT2D eigenvalue weighted by molar-refractivity contribution is 0.458. The monoisotopic (exact) mass is 529 g/mol. The summed E-state index contributed by atoms with van der Waals surface area (Å²) in [5.74, 6) is -0.591. The number of nitrogens with two attached hydrogens (primary N) is 1. The fourth-order valence-corrected chi connectivity index (χ4v) is 4.82. The van der Waals surface area contributed by atoms with E-state index in [0.29, 0.717) is 28.7 Å². The molecular weight excluding hydrogens is 505 g/mol. The number of nitrogens with zero attached hydrogens (tertiary/aromatic N) is 2. The van der Waals surface area contributed by atoms with Gasteiger partial charge >= 0.3 is 0 Å². The van der Waals surface area contributed by atoms with Crippen molar-refractivity contribution in [2.45, 2.75) is 44.3 Å². The molecule has 5 nitrogen and oxygen atoms in total. The number of fused-ring (bicyclic) bond motifs is 1. The summed E-state index contributed by atoms with van der Waals surface area (Å²) >= 11 is 3.34. The van der Waals surface area contributed by atoms with Crippen LogP contribution in [0.3, 0.4) is 0 Å². The fourth-order valence-electron chi connectivity index (χ4n) is 4.11. The summed E-state index contributed by atoms with van der Waals surface area (Å²) in [5, 5.41) is 11.1. The summed E-state index contributed by atoms with van der Waals surface area (Å²) < 4.78 is 32.4. The molecule has 8 heteroatoms. The van der Waals surface area contributed by atoms with E-state index in [-0.39, 0.29) is 11.7 Å². The van der Waals surface area contributed by atoms with Crippen LogP contribution in [0.5, 0.6) is 0 Å². The van der Waals surface area contributed by atoms with Crippen molar-refractivity contribution in [3.63, 3.8) is 0 Å². The predicted molar refractivity (Wildman–Crippen MR) is 134 cm³/mol. The van der Waals surface area contributed by atoms with Gasteiger partial charge in [0.25, 0.3) is 0 Å². The van der Waals surface area contributed by atoms with Crippen molar-refractivity contribution in [3.8, 4) is 11.3 Å². The van der Waals surface area contributed by atoms with Gasteiger partial charge in [-0.05, 0) is 90.9 Å². The largest absolute Gasteiger partial charge is 0.356 e. The highest BCUT2D eigenvalue weighted by Gasteiger charge is 2.31. The van der Waals surface area contributed by atoms with E-state index < -0.39 is 15.7 Å². The third-order valence-electron chi connectivity index (χ3n) is 5.89. The van der Waals surface area contributed by atoms with Crippen LogP contribution in [0.25, 0.3) is 22.2 Å². The molecule has 0 saturated carbocycles. The number of hydrogen-bond donors (Lipinski definition) is 1. The molecule has 0 bridgehead atoms. The molecule has 2 heterocycles. The molecule has 0 aliphatic carbocycles. The van der Waals surface area contributed by atoms with Gasteiger partial charge in [-0.3, -0.25) is 5.14 Å². The van der Waals surface area contributed by atoms with Crippen LogP contribution in [-0.2, 0) is 17.4 Å². The third kappa shape index (κ3) is 5.08. The summed E-state index contributed by atoms with van der Waals surface area (Å²) in [5.41, 5.74) is 4.69. The number of aryl methyl sites for hydroxylation is 1. The van der Waals surface area contributed by atoms with Crippen LogP contribution in [0.1, 0.15) is 43.0 Å². The van der Waals surface area contributed by atoms with Crippen LogP contribution < -0.4 is 5.14 Å². The van der Waals surface area contributed by atoms with Crippen molar-refractivity contribution in [3.05, 3.63) is 81.8 Å². The Bertz CT molecular complexity index is 1340. The number of aromatic nitrogens is 2. The zero-order valence-electron chi connectivity index (χ0n) is 18.6. The van der Waals surface area contributed by atoms with Crippen LogP contribution in [0.15, 0.2) is 63.7 Å². The third-order valence-corrected chi connectivity index (χ3v) is 7.59. The Morgan fingerprint density at radius 2 is 1.94 bits per heavy atom. The Labute approximate surface area is 203 Å². The quantitative estimate of drug-likeness (QED) is 0.288. The second-order valence-corrected chi connectivity index (χ2v) is 11.4. The highest BCUT2D eigenvalue weighted by molar-refractivity contribution is 9.10. The number of benzene rings is 2. The molecule has 0 spiro atoms. The summed E-state index contributed by atoms with van der Waals surface area (Å²) in [6.07, 6.45) is 0.785. The van der Waals surface area contributed by atoms with E-state index >= 15 is 0 Å². The summed E-state index contributed by atoms with van der Waals surface area (Å²) in [4.78, 5) is 4.37. The minimum atomic E-state index is -1.56. The molecule has 0 saturated heterocycles. The molecular formula is C25H25BrFN3O2S. The van der Waals surface area contributed by atoms with Crippen molar-refractivity contribution >= 4 is 37.9 Å². The maximum absolute atomic E-state index is 14.7. The standard InChI is InChI=1S/C25H25BrFN3O2S/c1-15-8-9-19-22(12-15)32-30-24(19)18-7-5-4-6-17(18)16(14-25(2,3)33(28)31)13-21-20(27)10-11-23(26)29-21/h4-12,16H,13-14,28H2,1-3H3/t16-,33?/m0/s1. The highest BCUT2D eigenvalue weighted by Crippen LogP contribution is 2.39. The van der Waals surface area contributed by atoms with Gasteiger partial charge in [0.2, 0.25) is 0 Å². The summed E-state index contributed by atoms with van der Waals surface area (Å²) in [6.45, 7) is 5.72. The van der Waals surface area contributed by atoms with Gasteiger partial charge in [0.1, 0.15) is 16.1 Å². The van der Waals surface area contributed by atoms with E-state index in [4.69, 9.17) is 9.66 Å². The topological polar surface area (TPSA) is 82.0 Å². The Hall–Kier alpha value is -2.42. The van der Waals surface area contributed by atoms with Crippen LogP contribution in [0.2, 0.25) is 0 Å². The summed E-state index contributed by atoms with van der Waals surface area (Å²) in [7, 11) is -1.56. The zero-order chi connectivity index (χ0) is 23.8. The Morgan fingerprint density at radius 1 is 1.18 bits per heavy atom. The van der Waals surface area contributed by atoms with E-state index in [1.54, 1.807) is 6.07 Å². The van der Waals surface area contributed by atoms with E-state index in [0.717, 1.165) is 27.8 Å². The van der Waals surface area contributed by atoms with Crippen molar-refractivity contribution in [2.24, 2.45) is 5.14 Å². The zero-order valence-corrected chi connectivity index (χ0v) is 21.0. The van der Waals surface area contributed by atoms with Crippen LogP contribution in [0.4, 0.5) is 4.39 Å². The first-order chi connectivity index (χ1) is 15.7. The number of pyridine rings is 1. The van der Waals surface area contributed by atoms with Gasteiger partial charge in [0.05, 0.1) is 21.4 Å². The van der Waals surface area contributed by atoms with Gasteiger partial charge in [-0.15, -0.1) is 0 Å². The minimum Gasteiger partial charge on any atom is -0.356 e. The molecule has 1 unspecified atom stereocenters. The number of rotatable bonds is 7. The SMILES string of the molecule is Cc1ccc2c(-c3ccccc3[C@@H](Cc3nc(Br)ccc3F)CC(C)(C)S(N)=O)noc2c1. The van der Waals surface area contributed by atoms with Crippen molar-refractivity contribution < 1.29 is 13.1 Å². The molecule has 4 aromatic rings. The molecule has 0 radical (unpaired) electrons. The van der Waals surface area contributed by atoms with Crippen LogP contribution in [0, 0.1) is 12.7 Å². The molecule has 0 aliphatic rings. The van der Waals surface area contributed by atoms with Gasteiger partial charge in [-0.1, -0.05) is 35.5 Å². The molecule has 33 heavy (non-hydrogen) atoms. The molecule has 2 atom stereocenters. The van der Waals surface area contributed by atoms with Crippen LogP contribution >= 0.6 is 15.9 Å². The lowest BCUT2D eigenvalue weighted by Gasteiger charge is -2.29. The van der Waals surface area contributed by atoms with Crippen molar-refractivity contribution in [2.75, 3.05) is 0 Å². The average molecular weight is 530 g/mol. The van der Waals surface area contributed by atoms with Crippen LogP contribution in [-0.4, -0.2) is 19.1 Å². The molecule has 0 amide bonds. The van der Waals surface area contributed by atoms with Gasteiger partial charge in [-0.25, -0.2) is 13.6 Å². The molecule has 4 rings (SSSR count). The fraction of sp³-hybridized carbons (Fsp3) is 0.280.